The molecule has 1 rings (SSSR count). The molecule has 0 unspecified atom stereocenters. The van der Waals surface area contributed by atoms with E-state index in [4.69, 9.17) is 11.6 Å². The predicted molar refractivity (Wildman–Crippen MR) is 62.4 cm³/mol. The molecule has 0 bridgehead atoms. The van der Waals surface area contributed by atoms with Gasteiger partial charge in [-0.05, 0) is 46.4 Å². The number of hydrogen-bond acceptors (Lipinski definition) is 0. The Morgan fingerprint density at radius 3 is 2.83 bits per heavy atom. The molecule has 0 nitrogen and oxygen atoms in total. The largest absolute Gasteiger partial charge is 0.102 e. The van der Waals surface area contributed by atoms with Gasteiger partial charge in [-0.25, -0.2) is 0 Å². The highest BCUT2D eigenvalue weighted by atomic mass is 127. The lowest BCUT2D eigenvalue weighted by Gasteiger charge is -2.08. The minimum absolute atomic E-state index is 0.770. The molecule has 0 atom stereocenters. The average molecular weight is 292 g/mol. The topological polar surface area (TPSA) is 0 Å². The van der Waals surface area contributed by atoms with Crippen LogP contribution < -0.4 is 0 Å². The van der Waals surface area contributed by atoms with E-state index in [2.05, 4.69) is 29.2 Å². The Bertz CT molecular complexity index is 294. The molecular formula is C10H9ClI. The summed E-state index contributed by atoms with van der Waals surface area (Å²) in [6.07, 6.45) is 1.84. The van der Waals surface area contributed by atoms with Gasteiger partial charge < -0.3 is 0 Å². The van der Waals surface area contributed by atoms with Gasteiger partial charge in [0, 0.05) is 14.5 Å². The Kier molecular flexibility index (Phi) is 3.59. The second kappa shape index (κ2) is 4.28. The van der Waals surface area contributed by atoms with Crippen LogP contribution in [0.4, 0.5) is 0 Å². The van der Waals surface area contributed by atoms with Gasteiger partial charge in [-0.3, -0.25) is 0 Å². The normalized spacial score (nSPS) is 10.3. The first-order valence-corrected chi connectivity index (χ1v) is 5.02. The molecule has 1 aromatic rings. The van der Waals surface area contributed by atoms with E-state index in [0.717, 1.165) is 16.5 Å². The fraction of sp³-hybridized carbons (Fsp3) is 0.100. The van der Waals surface area contributed by atoms with Gasteiger partial charge in [0.1, 0.15) is 0 Å². The molecule has 63 valence electrons. The molecule has 0 heterocycles. The average Bonchev–Trinajstić information content (AvgIpc) is 2.08. The lowest BCUT2D eigenvalue weighted by Crippen LogP contribution is -1.93. The second-order valence-electron chi connectivity index (χ2n) is 2.51. The van der Waals surface area contributed by atoms with Crippen LogP contribution in [0.3, 0.4) is 0 Å². The van der Waals surface area contributed by atoms with Crippen molar-refractivity contribution in [1.82, 2.24) is 0 Å². The number of allylic oxidation sites excluding steroid dienone is 1. The summed E-state index contributed by atoms with van der Waals surface area (Å²) in [6.45, 7) is 5.75. The quantitative estimate of drug-likeness (QED) is 0.721. The maximum atomic E-state index is 5.87. The zero-order chi connectivity index (χ0) is 9.14. The van der Waals surface area contributed by atoms with E-state index in [9.17, 15) is 0 Å². The first-order chi connectivity index (χ1) is 5.65. The third-order valence-corrected chi connectivity index (χ3v) is 2.84. The van der Waals surface area contributed by atoms with Crippen LogP contribution in [-0.4, -0.2) is 0 Å². The van der Waals surface area contributed by atoms with Crippen molar-refractivity contribution in [2.45, 2.75) is 6.92 Å². The van der Waals surface area contributed by atoms with Crippen molar-refractivity contribution in [3.8, 4) is 0 Å². The van der Waals surface area contributed by atoms with Crippen molar-refractivity contribution < 1.29 is 0 Å². The number of benzene rings is 1. The Hall–Kier alpha value is -0.0200. The maximum absolute atomic E-state index is 5.87. The maximum Gasteiger partial charge on any atom is 0.0409 e. The third kappa shape index (κ3) is 2.23. The standard InChI is InChI=1S/C10H9ClI/c1-3-7(2)9-6-8(11)4-5-10(9)12/h3-6H,1H2,2H3. The van der Waals surface area contributed by atoms with E-state index in [1.165, 1.54) is 3.57 Å². The van der Waals surface area contributed by atoms with Crippen molar-refractivity contribution in [2.24, 2.45) is 0 Å². The summed E-state index contributed by atoms with van der Waals surface area (Å²) in [5.74, 6) is 1.15. The lowest BCUT2D eigenvalue weighted by atomic mass is 10.0. The van der Waals surface area contributed by atoms with Crippen molar-refractivity contribution in [1.29, 1.82) is 0 Å². The zero-order valence-electron chi connectivity index (χ0n) is 6.77. The van der Waals surface area contributed by atoms with Crippen LogP contribution in [0.5, 0.6) is 0 Å². The highest BCUT2D eigenvalue weighted by Crippen LogP contribution is 2.24. The van der Waals surface area contributed by atoms with Gasteiger partial charge in [-0.1, -0.05) is 24.6 Å². The summed E-state index contributed by atoms with van der Waals surface area (Å²) in [5.41, 5.74) is 1.16. The molecule has 1 aromatic carbocycles. The molecule has 12 heavy (non-hydrogen) atoms. The van der Waals surface area contributed by atoms with E-state index >= 15 is 0 Å². The minimum atomic E-state index is 0.770. The van der Waals surface area contributed by atoms with Crippen LogP contribution in [0.25, 0.3) is 0 Å². The van der Waals surface area contributed by atoms with E-state index in [0.29, 0.717) is 0 Å². The van der Waals surface area contributed by atoms with Crippen molar-refractivity contribution >= 4 is 34.2 Å². The molecule has 0 spiro atoms. The number of rotatable bonds is 2. The monoisotopic (exact) mass is 291 g/mol. The number of hydrogen-bond donors (Lipinski definition) is 0. The molecule has 0 fully saturated rings. The molecule has 0 aliphatic carbocycles. The summed E-state index contributed by atoms with van der Waals surface area (Å²) < 4.78 is 1.20. The fourth-order valence-electron chi connectivity index (χ4n) is 0.910. The second-order valence-corrected chi connectivity index (χ2v) is 4.11. The lowest BCUT2D eigenvalue weighted by molar-refractivity contribution is 1.24. The molecule has 0 saturated heterocycles. The summed E-state index contributed by atoms with van der Waals surface area (Å²) in [5, 5.41) is 0.770. The minimum Gasteiger partial charge on any atom is -0.102 e. The van der Waals surface area contributed by atoms with E-state index in [-0.39, 0.29) is 0 Å². The summed E-state index contributed by atoms with van der Waals surface area (Å²) >= 11 is 8.16. The third-order valence-electron chi connectivity index (χ3n) is 1.66. The molecule has 0 amide bonds. The molecule has 0 aromatic heterocycles. The molecule has 0 saturated carbocycles. The van der Waals surface area contributed by atoms with Gasteiger partial charge in [0.15, 0.2) is 0 Å². The van der Waals surface area contributed by atoms with Crippen LogP contribution in [0.1, 0.15) is 12.5 Å². The Labute approximate surface area is 91.8 Å². The molecule has 0 aliphatic heterocycles. The fourth-order valence-corrected chi connectivity index (χ4v) is 1.84. The highest BCUT2D eigenvalue weighted by Gasteiger charge is 2.06. The van der Waals surface area contributed by atoms with Gasteiger partial charge in [-0.2, -0.15) is 0 Å². The summed E-state index contributed by atoms with van der Waals surface area (Å²) in [7, 11) is 0. The van der Waals surface area contributed by atoms with Gasteiger partial charge >= 0.3 is 0 Å². The summed E-state index contributed by atoms with van der Waals surface area (Å²) in [4.78, 5) is 0. The molecule has 1 radical (unpaired) electrons. The van der Waals surface area contributed by atoms with Gasteiger partial charge in [0.05, 0.1) is 0 Å². The van der Waals surface area contributed by atoms with Crippen LogP contribution in [0.2, 0.25) is 5.02 Å². The Morgan fingerprint density at radius 2 is 2.25 bits per heavy atom. The number of halogens is 2. The van der Waals surface area contributed by atoms with Crippen LogP contribution >= 0.6 is 34.2 Å². The van der Waals surface area contributed by atoms with Gasteiger partial charge in [-0.15, -0.1) is 6.58 Å². The van der Waals surface area contributed by atoms with Crippen molar-refractivity contribution in [3.63, 3.8) is 0 Å². The molecule has 2 heteroatoms. The molecule has 0 N–H and O–H groups in total. The predicted octanol–water partition coefficient (Wildman–Crippen LogP) is 4.07. The SMILES string of the molecule is C=C[C](C)c1cc(Cl)ccc1I. The van der Waals surface area contributed by atoms with Gasteiger partial charge in [0.25, 0.3) is 0 Å². The van der Waals surface area contributed by atoms with E-state index in [1.807, 2.05) is 31.2 Å². The zero-order valence-corrected chi connectivity index (χ0v) is 9.69. The highest BCUT2D eigenvalue weighted by molar-refractivity contribution is 14.1. The van der Waals surface area contributed by atoms with Crippen LogP contribution in [0, 0.1) is 9.49 Å². The van der Waals surface area contributed by atoms with Crippen LogP contribution in [-0.2, 0) is 0 Å². The smallest absolute Gasteiger partial charge is 0.0409 e. The first kappa shape index (κ1) is 10.1. The van der Waals surface area contributed by atoms with Crippen molar-refractivity contribution in [3.05, 3.63) is 50.9 Å². The molecule has 0 aliphatic rings. The summed E-state index contributed by atoms with van der Waals surface area (Å²) in [6, 6.07) is 5.86. The Morgan fingerprint density at radius 1 is 1.58 bits per heavy atom. The van der Waals surface area contributed by atoms with Crippen LogP contribution in [0.15, 0.2) is 30.9 Å². The van der Waals surface area contributed by atoms with E-state index in [1.54, 1.807) is 0 Å². The first-order valence-electron chi connectivity index (χ1n) is 3.56. The Balaban J connectivity index is 3.12. The molecular weight excluding hydrogens is 282 g/mol. The van der Waals surface area contributed by atoms with E-state index < -0.39 is 0 Å². The van der Waals surface area contributed by atoms with Gasteiger partial charge in [0.2, 0.25) is 0 Å². The van der Waals surface area contributed by atoms with Crippen molar-refractivity contribution in [2.75, 3.05) is 0 Å².